The van der Waals surface area contributed by atoms with E-state index in [1.807, 2.05) is 0 Å². The third kappa shape index (κ3) is 5.58. The molecule has 1 aromatic heterocycles. The van der Waals surface area contributed by atoms with E-state index < -0.39 is 0 Å². The van der Waals surface area contributed by atoms with Crippen LogP contribution in [0.15, 0.2) is 152 Å². The average molecular weight is 971 g/mol. The Labute approximate surface area is 443 Å². The summed E-state index contributed by atoms with van der Waals surface area (Å²) in [5, 5.41) is 5.69. The Hall–Kier alpha value is -6.32. The summed E-state index contributed by atoms with van der Waals surface area (Å²) in [7, 11) is 0. The van der Waals surface area contributed by atoms with Gasteiger partial charge in [0.05, 0.1) is 16.7 Å². The topological polar surface area (TPSA) is 8.17 Å². The molecule has 8 aromatic carbocycles. The van der Waals surface area contributed by atoms with Gasteiger partial charge in [0.25, 0.3) is 0 Å². The molecule has 11 aliphatic rings. The Morgan fingerprint density at radius 2 is 0.987 bits per heavy atom. The van der Waals surface area contributed by atoms with Crippen LogP contribution >= 0.6 is 0 Å². The van der Waals surface area contributed by atoms with E-state index in [4.69, 9.17) is 0 Å². The van der Waals surface area contributed by atoms with Crippen LogP contribution in [0.25, 0.3) is 60.5 Å². The lowest BCUT2D eigenvalue weighted by molar-refractivity contribution is -0.00526. The van der Waals surface area contributed by atoms with Crippen molar-refractivity contribution >= 4 is 61.7 Å². The van der Waals surface area contributed by atoms with Gasteiger partial charge in [-0.25, -0.2) is 0 Å². The van der Waals surface area contributed by atoms with Crippen LogP contribution in [-0.2, 0) is 21.7 Å². The number of rotatable bonds is 4. The number of aromatic nitrogens is 1. The molecule has 8 bridgehead atoms. The zero-order valence-corrected chi connectivity index (χ0v) is 44.4. The first-order valence-electron chi connectivity index (χ1n) is 29.4. The molecule has 0 unspecified atom stereocenters. The van der Waals surface area contributed by atoms with Crippen LogP contribution in [0.1, 0.15) is 138 Å². The molecule has 2 nitrogen and oxygen atoms in total. The van der Waals surface area contributed by atoms with E-state index in [-0.39, 0.29) is 23.1 Å². The predicted molar refractivity (Wildman–Crippen MR) is 313 cm³/mol. The second-order valence-electron chi connectivity index (χ2n) is 27.7. The molecule has 0 spiro atoms. The first-order valence-corrected chi connectivity index (χ1v) is 29.4. The van der Waals surface area contributed by atoms with Gasteiger partial charge in [0.2, 0.25) is 0 Å². The molecule has 9 aliphatic carbocycles. The molecule has 0 N–H and O–H groups in total. The number of benzene rings is 8. The molecule has 3 heterocycles. The van der Waals surface area contributed by atoms with Crippen molar-refractivity contribution in [1.29, 1.82) is 0 Å². The van der Waals surface area contributed by atoms with Gasteiger partial charge in [0, 0.05) is 43.9 Å². The summed E-state index contributed by atoms with van der Waals surface area (Å²) in [6, 6.07) is 61.2. The zero-order chi connectivity index (χ0) is 49.5. The van der Waals surface area contributed by atoms with Crippen LogP contribution < -0.4 is 15.7 Å². The molecule has 0 saturated heterocycles. The van der Waals surface area contributed by atoms with Gasteiger partial charge in [-0.3, -0.25) is 0 Å². The number of fused-ring (bicyclic) bond motifs is 11. The summed E-state index contributed by atoms with van der Waals surface area (Å²) in [6.07, 6.45) is 17.1. The van der Waals surface area contributed by atoms with Gasteiger partial charge in [0.15, 0.2) is 0 Å². The van der Waals surface area contributed by atoms with Gasteiger partial charge in [0.1, 0.15) is 0 Å². The maximum absolute atomic E-state index is 2.86. The molecule has 75 heavy (non-hydrogen) atoms. The van der Waals surface area contributed by atoms with Crippen molar-refractivity contribution < 1.29 is 0 Å². The number of hydrogen-bond acceptors (Lipinski definition) is 1. The van der Waals surface area contributed by atoms with Crippen molar-refractivity contribution in [2.75, 3.05) is 4.81 Å². The number of nitrogens with zero attached hydrogens (tertiary/aromatic N) is 2. The summed E-state index contributed by atoms with van der Waals surface area (Å²) in [5.41, 5.74) is 24.4. The molecule has 0 amide bonds. The minimum absolute atomic E-state index is 0.0319. The van der Waals surface area contributed by atoms with Crippen molar-refractivity contribution in [1.82, 2.24) is 4.57 Å². The monoisotopic (exact) mass is 971 g/mol. The SMILES string of the molecule is CC1(C)c2ccccc2C(C)(C)c2cc3c(cc21)-c1cc2ccccc2c2c1B(c1cc(C45CC6CC(CC(C6)C4)C5)cc4c5cc(C67CC8CC(CC(C8)C6)C7)ccc5n-2c14)N3c1ccc(-c2ccccc2)cc1. The maximum atomic E-state index is 2.86. The molecular weight excluding hydrogens is 904 g/mol. The summed E-state index contributed by atoms with van der Waals surface area (Å²) in [5.74, 6) is 5.35. The normalized spacial score (nSPS) is 29.2. The van der Waals surface area contributed by atoms with Gasteiger partial charge in [-0.05, 0) is 238 Å². The van der Waals surface area contributed by atoms with Crippen LogP contribution in [0.3, 0.4) is 0 Å². The minimum atomic E-state index is -0.187. The van der Waals surface area contributed by atoms with Gasteiger partial charge >= 0.3 is 6.85 Å². The summed E-state index contributed by atoms with van der Waals surface area (Å²) >= 11 is 0. The Morgan fingerprint density at radius 3 is 1.63 bits per heavy atom. The molecule has 2 aliphatic heterocycles. The Bertz CT molecular complexity index is 3910. The average Bonchev–Trinajstić information content (AvgIpc) is 3.75. The number of hydrogen-bond donors (Lipinski definition) is 0. The molecule has 0 radical (unpaired) electrons. The largest absolute Gasteiger partial charge is 0.376 e. The fourth-order valence-electron chi connectivity index (χ4n) is 20.5. The molecule has 368 valence electrons. The molecule has 3 heteroatoms. The highest BCUT2D eigenvalue weighted by Gasteiger charge is 2.55. The van der Waals surface area contributed by atoms with Crippen LogP contribution in [-0.4, -0.2) is 11.4 Å². The third-order valence-corrected chi connectivity index (χ3v) is 22.9. The second-order valence-corrected chi connectivity index (χ2v) is 27.7. The molecular formula is C72H67BN2. The highest BCUT2D eigenvalue weighted by Crippen LogP contribution is 2.64. The van der Waals surface area contributed by atoms with Gasteiger partial charge in [-0.2, -0.15) is 0 Å². The lowest BCUT2D eigenvalue weighted by Crippen LogP contribution is -2.61. The third-order valence-electron chi connectivity index (χ3n) is 22.9. The van der Waals surface area contributed by atoms with Crippen LogP contribution in [0.2, 0.25) is 0 Å². The van der Waals surface area contributed by atoms with Crippen LogP contribution in [0.4, 0.5) is 11.4 Å². The predicted octanol–water partition coefficient (Wildman–Crippen LogP) is 16.7. The van der Waals surface area contributed by atoms with E-state index in [9.17, 15) is 0 Å². The van der Waals surface area contributed by atoms with E-state index >= 15 is 0 Å². The fraction of sp³-hybridized carbons (Fsp3) is 0.361. The van der Waals surface area contributed by atoms with Gasteiger partial charge in [-0.1, -0.05) is 131 Å². The van der Waals surface area contributed by atoms with Gasteiger partial charge < -0.3 is 9.38 Å². The standard InChI is InChI=1S/C72H67BN2/c1-69(2)59-16-10-11-17-60(59)70(3,4)62-35-65-56(34-61(62)69)57-30-50-14-8-9-15-54(50)68-66(57)73(75(65)53-21-18-49(19-22-53)48-12-6-5-7-13-48)63-33-52(72-39-45-27-46(40-72)29-47(28-45)41-72)32-58-55-31-51(20-23-64(55)74(68)67(58)63)71-36-42-24-43(37-71)26-44(25-42)38-71/h5-23,30-35,42-47H,24-29,36-41H2,1-4H3. The smallest absolute Gasteiger partial charge is 0.333 e. The molecule has 20 rings (SSSR count). The van der Waals surface area contributed by atoms with Crippen LogP contribution in [0.5, 0.6) is 0 Å². The van der Waals surface area contributed by atoms with Gasteiger partial charge in [-0.15, -0.1) is 0 Å². The lowest BCUT2D eigenvalue weighted by Gasteiger charge is -2.57. The summed E-state index contributed by atoms with van der Waals surface area (Å²) in [6.45, 7) is 9.91. The molecule has 8 fully saturated rings. The number of anilines is 2. The first-order chi connectivity index (χ1) is 36.5. The van der Waals surface area contributed by atoms with Crippen molar-refractivity contribution in [2.45, 2.75) is 126 Å². The minimum Gasteiger partial charge on any atom is -0.376 e. The van der Waals surface area contributed by atoms with Crippen LogP contribution in [0, 0.1) is 35.5 Å². The summed E-state index contributed by atoms with van der Waals surface area (Å²) < 4.78 is 2.83. The summed E-state index contributed by atoms with van der Waals surface area (Å²) in [4.78, 5) is 2.86. The van der Waals surface area contributed by atoms with E-state index in [0.717, 1.165) is 35.5 Å². The lowest BCUT2D eigenvalue weighted by atomic mass is 9.42. The zero-order valence-electron chi connectivity index (χ0n) is 44.4. The first kappa shape index (κ1) is 42.9. The van der Waals surface area contributed by atoms with Crippen molar-refractivity contribution in [3.63, 3.8) is 0 Å². The molecule has 8 saturated carbocycles. The molecule has 0 atom stereocenters. The maximum Gasteiger partial charge on any atom is 0.333 e. The quantitative estimate of drug-likeness (QED) is 0.160. The van der Waals surface area contributed by atoms with Crippen molar-refractivity contribution in [3.8, 4) is 27.9 Å². The highest BCUT2D eigenvalue weighted by molar-refractivity contribution is 6.94. The van der Waals surface area contributed by atoms with Crippen molar-refractivity contribution in [3.05, 3.63) is 185 Å². The van der Waals surface area contributed by atoms with Crippen molar-refractivity contribution in [2.24, 2.45) is 35.5 Å². The Morgan fingerprint density at radius 1 is 0.440 bits per heavy atom. The Kier molecular flexibility index (Phi) is 8.22. The highest BCUT2D eigenvalue weighted by atomic mass is 15.1. The van der Waals surface area contributed by atoms with E-state index in [2.05, 4.69) is 189 Å². The van der Waals surface area contributed by atoms with E-state index in [1.165, 1.54) is 182 Å². The van der Waals surface area contributed by atoms with E-state index in [1.54, 1.807) is 11.1 Å². The molecule has 9 aromatic rings. The second kappa shape index (κ2) is 14.4. The Balaban J connectivity index is 0.966. The van der Waals surface area contributed by atoms with E-state index in [0.29, 0.717) is 5.41 Å². The fourth-order valence-corrected chi connectivity index (χ4v) is 20.5.